The molecule has 0 atom stereocenters. The highest BCUT2D eigenvalue weighted by Gasteiger charge is 2.27. The Labute approximate surface area is 146 Å². The fraction of sp³-hybridized carbons (Fsp3) is 0.650. The van der Waals surface area contributed by atoms with Crippen molar-refractivity contribution in [3.8, 4) is 0 Å². The Balaban J connectivity index is 1.43. The number of aryl methyl sites for hydroxylation is 1. The van der Waals surface area contributed by atoms with E-state index in [0.29, 0.717) is 11.9 Å². The van der Waals surface area contributed by atoms with Crippen LogP contribution in [0.5, 0.6) is 0 Å². The van der Waals surface area contributed by atoms with Crippen LogP contribution >= 0.6 is 0 Å². The zero-order chi connectivity index (χ0) is 16.9. The first-order chi connectivity index (χ1) is 11.6. The van der Waals surface area contributed by atoms with Gasteiger partial charge in [-0.3, -0.25) is 9.69 Å². The van der Waals surface area contributed by atoms with Crippen molar-refractivity contribution in [3.63, 3.8) is 0 Å². The number of nitrogens with one attached hydrogen (secondary N) is 1. The molecule has 4 heteroatoms. The van der Waals surface area contributed by atoms with E-state index in [1.54, 1.807) is 0 Å². The van der Waals surface area contributed by atoms with E-state index in [1.165, 1.54) is 11.1 Å². The van der Waals surface area contributed by atoms with Gasteiger partial charge in [0.05, 0.1) is 0 Å². The fourth-order valence-corrected chi connectivity index (χ4v) is 3.85. The van der Waals surface area contributed by atoms with Crippen LogP contribution in [0.2, 0.25) is 0 Å². The highest BCUT2D eigenvalue weighted by Crippen LogP contribution is 2.21. The predicted octanol–water partition coefficient (Wildman–Crippen LogP) is 2.42. The third-order valence-corrected chi connectivity index (χ3v) is 5.68. The molecule has 0 bridgehead atoms. The first-order valence-electron chi connectivity index (χ1n) is 9.37. The van der Waals surface area contributed by atoms with E-state index in [-0.39, 0.29) is 5.92 Å². The van der Waals surface area contributed by atoms with Gasteiger partial charge in [0, 0.05) is 18.5 Å². The maximum absolute atomic E-state index is 12.5. The molecule has 0 spiro atoms. The molecular formula is C20H31N3O. The molecule has 2 aliphatic heterocycles. The maximum Gasteiger partial charge on any atom is 0.223 e. The Morgan fingerprint density at radius 3 is 2.42 bits per heavy atom. The molecule has 132 valence electrons. The smallest absolute Gasteiger partial charge is 0.223 e. The highest BCUT2D eigenvalue weighted by atomic mass is 16.1. The first kappa shape index (κ1) is 17.4. The van der Waals surface area contributed by atoms with Crippen molar-refractivity contribution < 1.29 is 4.79 Å². The second-order valence-corrected chi connectivity index (χ2v) is 7.56. The lowest BCUT2D eigenvalue weighted by atomic mass is 9.94. The monoisotopic (exact) mass is 329 g/mol. The van der Waals surface area contributed by atoms with Gasteiger partial charge in [-0.25, -0.2) is 0 Å². The molecule has 1 amide bonds. The third-order valence-electron chi connectivity index (χ3n) is 5.68. The lowest BCUT2D eigenvalue weighted by Crippen LogP contribution is -2.47. The molecule has 0 radical (unpaired) electrons. The molecule has 2 saturated heterocycles. The molecule has 0 saturated carbocycles. The molecule has 0 aromatic heterocycles. The molecule has 0 aliphatic carbocycles. The minimum Gasteiger partial charge on any atom is -0.353 e. The number of likely N-dealkylation sites (tertiary alicyclic amines) is 2. The van der Waals surface area contributed by atoms with Crippen LogP contribution in [0.1, 0.15) is 36.8 Å². The van der Waals surface area contributed by atoms with Gasteiger partial charge in [-0.15, -0.1) is 0 Å². The summed E-state index contributed by atoms with van der Waals surface area (Å²) in [5, 5.41) is 3.30. The number of rotatable bonds is 4. The van der Waals surface area contributed by atoms with Gasteiger partial charge in [-0.2, -0.15) is 0 Å². The normalized spacial score (nSPS) is 21.8. The van der Waals surface area contributed by atoms with E-state index in [4.69, 9.17) is 0 Å². The van der Waals surface area contributed by atoms with Crippen molar-refractivity contribution in [1.29, 1.82) is 0 Å². The van der Waals surface area contributed by atoms with Crippen molar-refractivity contribution in [2.24, 2.45) is 5.92 Å². The summed E-state index contributed by atoms with van der Waals surface area (Å²) in [5.74, 6) is 0.498. The molecule has 2 heterocycles. The summed E-state index contributed by atoms with van der Waals surface area (Å²) >= 11 is 0. The van der Waals surface area contributed by atoms with Crippen LogP contribution in [0.3, 0.4) is 0 Å². The summed E-state index contributed by atoms with van der Waals surface area (Å²) in [5.41, 5.74) is 2.77. The van der Waals surface area contributed by atoms with E-state index in [9.17, 15) is 4.79 Å². The second-order valence-electron chi connectivity index (χ2n) is 7.56. The van der Waals surface area contributed by atoms with Gasteiger partial charge in [0.25, 0.3) is 0 Å². The Morgan fingerprint density at radius 1 is 1.08 bits per heavy atom. The molecule has 3 rings (SSSR count). The third kappa shape index (κ3) is 4.58. The van der Waals surface area contributed by atoms with Crippen molar-refractivity contribution >= 4 is 5.91 Å². The van der Waals surface area contributed by atoms with Gasteiger partial charge in [0.2, 0.25) is 5.91 Å². The van der Waals surface area contributed by atoms with E-state index < -0.39 is 0 Å². The zero-order valence-electron chi connectivity index (χ0n) is 15.1. The molecule has 0 unspecified atom stereocenters. The van der Waals surface area contributed by atoms with Gasteiger partial charge >= 0.3 is 0 Å². The minimum absolute atomic E-state index is 0.206. The number of amides is 1. The van der Waals surface area contributed by atoms with Crippen LogP contribution in [0.25, 0.3) is 0 Å². The van der Waals surface area contributed by atoms with Gasteiger partial charge in [-0.05, 0) is 77.0 Å². The summed E-state index contributed by atoms with van der Waals surface area (Å²) < 4.78 is 0. The standard InChI is InChI=1S/C20H31N3O/c1-16-5-3-4-6-18(16)15-23-13-7-17(8-14-23)20(24)21-19-9-11-22(2)12-10-19/h3-6,17,19H,7-15H2,1-2H3,(H,21,24). The van der Waals surface area contributed by atoms with Crippen LogP contribution in [0, 0.1) is 12.8 Å². The molecule has 2 fully saturated rings. The number of hydrogen-bond donors (Lipinski definition) is 1. The summed E-state index contributed by atoms with van der Waals surface area (Å²) in [7, 11) is 2.15. The molecule has 2 aliphatic rings. The topological polar surface area (TPSA) is 35.6 Å². The second kappa shape index (κ2) is 8.13. The summed E-state index contributed by atoms with van der Waals surface area (Å²) in [6.07, 6.45) is 4.16. The highest BCUT2D eigenvalue weighted by molar-refractivity contribution is 5.79. The van der Waals surface area contributed by atoms with E-state index in [0.717, 1.165) is 58.4 Å². The van der Waals surface area contributed by atoms with Crippen molar-refractivity contribution in [2.75, 3.05) is 33.2 Å². The quantitative estimate of drug-likeness (QED) is 0.921. The minimum atomic E-state index is 0.206. The van der Waals surface area contributed by atoms with Gasteiger partial charge in [0.1, 0.15) is 0 Å². The van der Waals surface area contributed by atoms with Crippen LogP contribution in [0.4, 0.5) is 0 Å². The fourth-order valence-electron chi connectivity index (χ4n) is 3.85. The average Bonchev–Trinajstić information content (AvgIpc) is 2.59. The molecule has 24 heavy (non-hydrogen) atoms. The first-order valence-corrected chi connectivity index (χ1v) is 9.37. The SMILES string of the molecule is Cc1ccccc1CN1CCC(C(=O)NC2CCN(C)CC2)CC1. The Bertz CT molecular complexity index is 544. The van der Waals surface area contributed by atoms with Gasteiger partial charge < -0.3 is 10.2 Å². The van der Waals surface area contributed by atoms with E-state index >= 15 is 0 Å². The lowest BCUT2D eigenvalue weighted by Gasteiger charge is -2.34. The largest absolute Gasteiger partial charge is 0.353 e. The molecule has 1 N–H and O–H groups in total. The van der Waals surface area contributed by atoms with Crippen LogP contribution in [-0.4, -0.2) is 55.0 Å². The Morgan fingerprint density at radius 2 is 1.75 bits per heavy atom. The van der Waals surface area contributed by atoms with E-state index in [1.807, 2.05) is 0 Å². The molecule has 4 nitrogen and oxygen atoms in total. The Kier molecular flexibility index (Phi) is 5.90. The van der Waals surface area contributed by atoms with Crippen molar-refractivity contribution in [2.45, 2.75) is 45.2 Å². The summed E-state index contributed by atoms with van der Waals surface area (Å²) in [6.45, 7) is 7.44. The average molecular weight is 329 g/mol. The number of benzene rings is 1. The lowest BCUT2D eigenvalue weighted by molar-refractivity contribution is -0.127. The van der Waals surface area contributed by atoms with Crippen LogP contribution in [0.15, 0.2) is 24.3 Å². The number of hydrogen-bond acceptors (Lipinski definition) is 3. The molecular weight excluding hydrogens is 298 g/mol. The predicted molar refractivity (Wildman–Crippen MR) is 97.8 cm³/mol. The maximum atomic E-state index is 12.5. The summed E-state index contributed by atoms with van der Waals surface area (Å²) in [6, 6.07) is 8.99. The number of carbonyl (C=O) groups is 1. The zero-order valence-corrected chi connectivity index (χ0v) is 15.1. The number of carbonyl (C=O) groups excluding carboxylic acids is 1. The van der Waals surface area contributed by atoms with E-state index in [2.05, 4.69) is 53.4 Å². The van der Waals surface area contributed by atoms with Crippen LogP contribution in [-0.2, 0) is 11.3 Å². The molecule has 1 aromatic rings. The summed E-state index contributed by atoms with van der Waals surface area (Å²) in [4.78, 5) is 17.4. The van der Waals surface area contributed by atoms with Gasteiger partial charge in [-0.1, -0.05) is 24.3 Å². The van der Waals surface area contributed by atoms with Crippen molar-refractivity contribution in [1.82, 2.24) is 15.1 Å². The Hall–Kier alpha value is -1.39. The van der Waals surface area contributed by atoms with Crippen LogP contribution < -0.4 is 5.32 Å². The number of nitrogens with zero attached hydrogens (tertiary/aromatic N) is 2. The molecule has 1 aromatic carbocycles. The van der Waals surface area contributed by atoms with Gasteiger partial charge in [0.15, 0.2) is 0 Å². The number of piperidine rings is 2. The van der Waals surface area contributed by atoms with Crippen molar-refractivity contribution in [3.05, 3.63) is 35.4 Å².